The summed E-state index contributed by atoms with van der Waals surface area (Å²) in [6.45, 7) is 0. The monoisotopic (exact) mass is 313 g/mol. The molecule has 5 heteroatoms. The summed E-state index contributed by atoms with van der Waals surface area (Å²) in [4.78, 5) is 3.84. The van der Waals surface area contributed by atoms with Gasteiger partial charge >= 0.3 is 6.18 Å². The molecule has 0 amide bonds. The Morgan fingerprint density at radius 3 is 2.43 bits per heavy atom. The van der Waals surface area contributed by atoms with E-state index in [1.165, 1.54) is 0 Å². The minimum absolute atomic E-state index is 0.243. The maximum Gasteiger partial charge on any atom is 0.418 e. The average Bonchev–Trinajstić information content (AvgIpc) is 2.83. The zero-order chi connectivity index (χ0) is 10.3. The minimum atomic E-state index is -4.29. The summed E-state index contributed by atoms with van der Waals surface area (Å²) in [6, 6.07) is 1.54. The third-order valence-corrected chi connectivity index (χ3v) is 3.07. The minimum Gasteiger partial charge on any atom is -0.260 e. The number of alkyl halides is 3. The van der Waals surface area contributed by atoms with Gasteiger partial charge in [-0.2, -0.15) is 13.2 Å². The van der Waals surface area contributed by atoms with Crippen LogP contribution in [0.15, 0.2) is 12.3 Å². The zero-order valence-electron chi connectivity index (χ0n) is 7.11. The molecule has 2 rings (SSSR count). The highest BCUT2D eigenvalue weighted by atomic mass is 127. The highest BCUT2D eigenvalue weighted by molar-refractivity contribution is 14.1. The van der Waals surface area contributed by atoms with E-state index in [1.54, 1.807) is 28.7 Å². The van der Waals surface area contributed by atoms with Crippen molar-refractivity contribution in [3.05, 3.63) is 27.1 Å². The van der Waals surface area contributed by atoms with Gasteiger partial charge in [0.05, 0.1) is 5.56 Å². The summed E-state index contributed by atoms with van der Waals surface area (Å²) in [5, 5.41) is 0. The Kier molecular flexibility index (Phi) is 2.45. The summed E-state index contributed by atoms with van der Waals surface area (Å²) < 4.78 is 37.3. The fourth-order valence-electron chi connectivity index (χ4n) is 1.26. The molecular formula is C9H7F3IN. The second kappa shape index (κ2) is 3.36. The van der Waals surface area contributed by atoms with Crippen LogP contribution < -0.4 is 0 Å². The van der Waals surface area contributed by atoms with Crippen molar-refractivity contribution in [2.75, 3.05) is 0 Å². The normalized spacial score (nSPS) is 17.1. The average molecular weight is 313 g/mol. The Bertz CT molecular complexity index is 358. The van der Waals surface area contributed by atoms with E-state index in [4.69, 9.17) is 0 Å². The van der Waals surface area contributed by atoms with E-state index in [2.05, 4.69) is 4.98 Å². The van der Waals surface area contributed by atoms with Crippen molar-refractivity contribution in [3.63, 3.8) is 0 Å². The first kappa shape index (κ1) is 10.2. The van der Waals surface area contributed by atoms with Gasteiger partial charge in [-0.15, -0.1) is 0 Å². The van der Waals surface area contributed by atoms with Gasteiger partial charge in [-0.25, -0.2) is 0 Å². The second-order valence-corrected chi connectivity index (χ2v) is 4.52. The van der Waals surface area contributed by atoms with E-state index in [0.717, 1.165) is 24.7 Å². The van der Waals surface area contributed by atoms with Gasteiger partial charge in [0.2, 0.25) is 0 Å². The molecule has 0 atom stereocenters. The number of aromatic nitrogens is 1. The number of hydrogen-bond acceptors (Lipinski definition) is 1. The Morgan fingerprint density at radius 2 is 2.00 bits per heavy atom. The molecule has 0 aliphatic heterocycles. The lowest BCUT2D eigenvalue weighted by Gasteiger charge is -2.09. The van der Waals surface area contributed by atoms with Crippen molar-refractivity contribution in [2.24, 2.45) is 0 Å². The first-order valence-corrected chi connectivity index (χ1v) is 5.29. The molecule has 1 saturated carbocycles. The van der Waals surface area contributed by atoms with Crippen LogP contribution in [-0.2, 0) is 6.18 Å². The molecule has 0 spiro atoms. The molecule has 1 aromatic rings. The van der Waals surface area contributed by atoms with Gasteiger partial charge in [-0.3, -0.25) is 4.98 Å². The highest BCUT2D eigenvalue weighted by Gasteiger charge is 2.34. The molecule has 76 valence electrons. The van der Waals surface area contributed by atoms with E-state index in [-0.39, 0.29) is 3.57 Å². The third kappa shape index (κ3) is 2.02. The van der Waals surface area contributed by atoms with E-state index in [9.17, 15) is 13.2 Å². The van der Waals surface area contributed by atoms with Gasteiger partial charge in [0, 0.05) is 21.4 Å². The number of hydrogen-bond donors (Lipinski definition) is 0. The molecule has 0 unspecified atom stereocenters. The largest absolute Gasteiger partial charge is 0.418 e. The van der Waals surface area contributed by atoms with Gasteiger partial charge in [0.15, 0.2) is 0 Å². The molecule has 1 aliphatic rings. The molecule has 1 aromatic heterocycles. The number of nitrogens with zero attached hydrogens (tertiary/aromatic N) is 1. The van der Waals surface area contributed by atoms with Crippen LogP contribution in [0.5, 0.6) is 0 Å². The summed E-state index contributed by atoms with van der Waals surface area (Å²) in [6.07, 6.45) is -1.25. The zero-order valence-corrected chi connectivity index (χ0v) is 9.26. The van der Waals surface area contributed by atoms with Crippen molar-refractivity contribution in [1.82, 2.24) is 4.98 Å². The van der Waals surface area contributed by atoms with Crippen molar-refractivity contribution in [2.45, 2.75) is 24.9 Å². The molecule has 0 radical (unpaired) electrons. The van der Waals surface area contributed by atoms with Crippen LogP contribution in [-0.4, -0.2) is 4.98 Å². The molecule has 0 N–H and O–H groups in total. The first-order chi connectivity index (χ1) is 6.48. The van der Waals surface area contributed by atoms with E-state index < -0.39 is 11.7 Å². The Labute approximate surface area is 92.9 Å². The van der Waals surface area contributed by atoms with Crippen LogP contribution in [0, 0.1) is 3.57 Å². The molecule has 1 nitrogen and oxygen atoms in total. The third-order valence-electron chi connectivity index (χ3n) is 2.18. The van der Waals surface area contributed by atoms with Gasteiger partial charge in [-0.1, -0.05) is 0 Å². The molecule has 0 aromatic carbocycles. The summed E-state index contributed by atoms with van der Waals surface area (Å²) >= 11 is 1.71. The molecular weight excluding hydrogens is 306 g/mol. The molecule has 1 fully saturated rings. The van der Waals surface area contributed by atoms with E-state index in [0.29, 0.717) is 5.92 Å². The van der Waals surface area contributed by atoms with Gasteiger partial charge in [0.1, 0.15) is 0 Å². The molecule has 1 aliphatic carbocycles. The summed E-state index contributed by atoms with van der Waals surface area (Å²) in [5.74, 6) is 0.394. The van der Waals surface area contributed by atoms with Crippen molar-refractivity contribution in [1.29, 1.82) is 0 Å². The fourth-order valence-corrected chi connectivity index (χ4v) is 2.02. The molecule has 1 heterocycles. The lowest BCUT2D eigenvalue weighted by molar-refractivity contribution is -0.138. The smallest absolute Gasteiger partial charge is 0.260 e. The van der Waals surface area contributed by atoms with Crippen molar-refractivity contribution in [3.8, 4) is 0 Å². The SMILES string of the molecule is FC(F)(F)c1cnc(C2CC2)cc1I. The predicted octanol–water partition coefficient (Wildman–Crippen LogP) is 3.58. The van der Waals surface area contributed by atoms with Crippen LogP contribution in [0.3, 0.4) is 0 Å². The van der Waals surface area contributed by atoms with Gasteiger partial charge in [-0.05, 0) is 41.5 Å². The van der Waals surface area contributed by atoms with E-state index >= 15 is 0 Å². The number of halogens is 4. The van der Waals surface area contributed by atoms with E-state index in [1.807, 2.05) is 0 Å². The first-order valence-electron chi connectivity index (χ1n) is 4.21. The Morgan fingerprint density at radius 1 is 1.36 bits per heavy atom. The maximum absolute atomic E-state index is 12.4. The molecule has 14 heavy (non-hydrogen) atoms. The van der Waals surface area contributed by atoms with Crippen molar-refractivity contribution < 1.29 is 13.2 Å². The lowest BCUT2D eigenvalue weighted by Crippen LogP contribution is -2.08. The standard InChI is InChI=1S/C9H7F3IN/c10-9(11,12)6-4-14-8(3-7(6)13)5-1-2-5/h3-5H,1-2H2. The van der Waals surface area contributed by atoms with Crippen molar-refractivity contribution >= 4 is 22.6 Å². The fraction of sp³-hybridized carbons (Fsp3) is 0.444. The van der Waals surface area contributed by atoms with Gasteiger partial charge < -0.3 is 0 Å². The number of pyridine rings is 1. The number of rotatable bonds is 1. The van der Waals surface area contributed by atoms with Crippen LogP contribution in [0.4, 0.5) is 13.2 Å². The summed E-state index contributed by atoms with van der Waals surface area (Å²) in [7, 11) is 0. The molecule has 0 bridgehead atoms. The highest BCUT2D eigenvalue weighted by Crippen LogP contribution is 2.41. The lowest BCUT2D eigenvalue weighted by atomic mass is 10.2. The Hall–Kier alpha value is -0.330. The van der Waals surface area contributed by atoms with Gasteiger partial charge in [0.25, 0.3) is 0 Å². The van der Waals surface area contributed by atoms with Crippen LogP contribution in [0.1, 0.15) is 30.0 Å². The predicted molar refractivity (Wildman–Crippen MR) is 53.9 cm³/mol. The maximum atomic E-state index is 12.4. The second-order valence-electron chi connectivity index (χ2n) is 3.36. The summed E-state index contributed by atoms with van der Waals surface area (Å²) in [5.41, 5.74) is 0.157. The topological polar surface area (TPSA) is 12.9 Å². The molecule has 0 saturated heterocycles. The Balaban J connectivity index is 2.35. The van der Waals surface area contributed by atoms with Crippen LogP contribution in [0.25, 0.3) is 0 Å². The van der Waals surface area contributed by atoms with Crippen LogP contribution >= 0.6 is 22.6 Å². The quantitative estimate of drug-likeness (QED) is 0.722. The van der Waals surface area contributed by atoms with Crippen LogP contribution in [0.2, 0.25) is 0 Å².